The van der Waals surface area contributed by atoms with Crippen LogP contribution < -0.4 is 0 Å². The Bertz CT molecular complexity index is 1040. The Kier molecular flexibility index (Phi) is 4.34. The minimum Gasteiger partial charge on any atom is -0.324 e. The fraction of sp³-hybridized carbons (Fsp3) is 0.235. The van der Waals surface area contributed by atoms with Crippen molar-refractivity contribution in [2.24, 2.45) is 0 Å². The van der Waals surface area contributed by atoms with Crippen LogP contribution in [-0.4, -0.2) is 40.8 Å². The number of fused-ring (bicyclic) bond motifs is 1. The number of rotatable bonds is 6. The zero-order valence-corrected chi connectivity index (χ0v) is 13.8. The average Bonchev–Trinajstić information content (AvgIpc) is 3.30. The minimum atomic E-state index is -0.446. The molecule has 0 aliphatic carbocycles. The van der Waals surface area contributed by atoms with Crippen molar-refractivity contribution in [2.75, 3.05) is 6.67 Å². The Morgan fingerprint density at radius 3 is 2.85 bits per heavy atom. The summed E-state index contributed by atoms with van der Waals surface area (Å²) in [5.74, 6) is -0.0406. The highest BCUT2D eigenvalue weighted by atomic mass is 19.1. The van der Waals surface area contributed by atoms with Crippen LogP contribution in [0, 0.1) is 5.82 Å². The van der Waals surface area contributed by atoms with Crippen LogP contribution in [0.5, 0.6) is 0 Å². The molecule has 4 rings (SSSR count). The van der Waals surface area contributed by atoms with Gasteiger partial charge in [0.15, 0.2) is 17.3 Å². The lowest BCUT2D eigenvalue weighted by Gasteiger charge is -2.12. The summed E-state index contributed by atoms with van der Waals surface area (Å²) < 4.78 is 30.3. The van der Waals surface area contributed by atoms with Crippen molar-refractivity contribution in [3.8, 4) is 11.5 Å². The van der Waals surface area contributed by atoms with Crippen LogP contribution >= 0.6 is 0 Å². The van der Waals surface area contributed by atoms with E-state index >= 15 is 0 Å². The minimum absolute atomic E-state index is 0.173. The average molecular weight is 355 g/mol. The van der Waals surface area contributed by atoms with Crippen LogP contribution in [0.3, 0.4) is 0 Å². The molecule has 4 heterocycles. The first kappa shape index (κ1) is 16.2. The van der Waals surface area contributed by atoms with Crippen LogP contribution in [0.25, 0.3) is 17.2 Å². The topological polar surface area (TPSA) is 73.8 Å². The van der Waals surface area contributed by atoms with Crippen molar-refractivity contribution < 1.29 is 8.78 Å². The summed E-state index contributed by atoms with van der Waals surface area (Å²) in [6.45, 7) is -0.0829. The number of hydrogen-bond donors (Lipinski definition) is 0. The molecule has 4 aromatic heterocycles. The lowest BCUT2D eigenvalue weighted by Crippen LogP contribution is -2.10. The quantitative estimate of drug-likeness (QED) is 0.531. The van der Waals surface area contributed by atoms with Crippen LogP contribution in [0.2, 0.25) is 0 Å². The fourth-order valence-electron chi connectivity index (χ4n) is 2.88. The molecule has 0 aliphatic rings. The van der Waals surface area contributed by atoms with Crippen molar-refractivity contribution in [2.45, 2.75) is 19.4 Å². The number of aromatic nitrogens is 7. The molecule has 0 aliphatic heterocycles. The molecule has 132 valence electrons. The summed E-state index contributed by atoms with van der Waals surface area (Å²) in [7, 11) is 0. The lowest BCUT2D eigenvalue weighted by molar-refractivity contribution is 0.472. The first-order valence-electron chi connectivity index (χ1n) is 8.12. The highest BCUT2D eigenvalue weighted by Gasteiger charge is 2.16. The first-order chi connectivity index (χ1) is 12.8. The van der Waals surface area contributed by atoms with Crippen LogP contribution in [0.1, 0.15) is 17.7 Å². The first-order valence-corrected chi connectivity index (χ1v) is 8.12. The van der Waals surface area contributed by atoms with E-state index in [1.807, 2.05) is 0 Å². The second kappa shape index (κ2) is 6.95. The molecular formula is C17H15F2N7. The molecule has 0 amide bonds. The van der Waals surface area contributed by atoms with E-state index in [1.54, 1.807) is 34.0 Å². The number of alkyl halides is 1. The predicted octanol–water partition coefficient (Wildman–Crippen LogP) is 2.47. The smallest absolute Gasteiger partial charge is 0.166 e. The van der Waals surface area contributed by atoms with Gasteiger partial charge in [0.2, 0.25) is 0 Å². The number of aryl methyl sites for hydroxylation is 1. The van der Waals surface area contributed by atoms with Gasteiger partial charge in [-0.05, 0) is 25.0 Å². The standard InChI is InChI=1S/C17H15F2N7/c18-5-1-3-12-14(22-10-26-11-23-24-16(12)26)9-25-8-7-21-17(25)15-13(19)4-2-6-20-15/h2,4,6-8,10-11H,1,3,5,9H2. The second-order valence-electron chi connectivity index (χ2n) is 5.74. The summed E-state index contributed by atoms with van der Waals surface area (Å²) in [5, 5.41) is 7.99. The maximum absolute atomic E-state index is 14.1. The van der Waals surface area contributed by atoms with Crippen molar-refractivity contribution in [3.05, 3.63) is 60.5 Å². The largest absolute Gasteiger partial charge is 0.324 e. The number of halogens is 2. The Balaban J connectivity index is 1.75. The second-order valence-corrected chi connectivity index (χ2v) is 5.74. The monoisotopic (exact) mass is 355 g/mol. The Morgan fingerprint density at radius 2 is 2.00 bits per heavy atom. The fourth-order valence-corrected chi connectivity index (χ4v) is 2.88. The van der Waals surface area contributed by atoms with Crippen LogP contribution in [-0.2, 0) is 13.0 Å². The maximum Gasteiger partial charge on any atom is 0.166 e. The molecule has 0 fully saturated rings. The summed E-state index contributed by atoms with van der Waals surface area (Å²) in [6, 6.07) is 2.87. The van der Waals surface area contributed by atoms with Crippen LogP contribution in [0.15, 0.2) is 43.4 Å². The van der Waals surface area contributed by atoms with Gasteiger partial charge >= 0.3 is 0 Å². The Labute approximate surface area is 147 Å². The SMILES string of the molecule is FCCCc1c(Cn2ccnc2-c2ncccc2F)ncn2cnnc12. The number of hydrogen-bond acceptors (Lipinski definition) is 5. The molecular weight excluding hydrogens is 340 g/mol. The number of pyridine rings is 1. The molecule has 0 N–H and O–H groups in total. The maximum atomic E-state index is 14.1. The molecule has 7 nitrogen and oxygen atoms in total. The molecule has 0 unspecified atom stereocenters. The molecule has 4 aromatic rings. The van der Waals surface area contributed by atoms with Gasteiger partial charge in [-0.15, -0.1) is 10.2 Å². The van der Waals surface area contributed by atoms with E-state index in [1.165, 1.54) is 18.3 Å². The summed E-state index contributed by atoms with van der Waals surface area (Å²) in [6.07, 6.45) is 8.86. The van der Waals surface area contributed by atoms with Gasteiger partial charge in [-0.1, -0.05) is 0 Å². The third kappa shape index (κ3) is 2.92. The van der Waals surface area contributed by atoms with Gasteiger partial charge < -0.3 is 4.57 Å². The lowest BCUT2D eigenvalue weighted by atomic mass is 10.1. The van der Waals surface area contributed by atoms with Gasteiger partial charge in [0.1, 0.15) is 18.3 Å². The van der Waals surface area contributed by atoms with E-state index < -0.39 is 12.5 Å². The van der Waals surface area contributed by atoms with E-state index in [9.17, 15) is 8.78 Å². The van der Waals surface area contributed by atoms with E-state index in [4.69, 9.17) is 0 Å². The van der Waals surface area contributed by atoms with Crippen molar-refractivity contribution in [1.29, 1.82) is 0 Å². The van der Waals surface area contributed by atoms with Crippen LogP contribution in [0.4, 0.5) is 8.78 Å². The molecule has 0 spiro atoms. The highest BCUT2D eigenvalue weighted by molar-refractivity contribution is 5.52. The van der Waals surface area contributed by atoms with Crippen molar-refractivity contribution in [3.63, 3.8) is 0 Å². The number of imidazole rings is 1. The van der Waals surface area contributed by atoms with Gasteiger partial charge in [0.25, 0.3) is 0 Å². The normalized spacial score (nSPS) is 11.3. The molecule has 0 radical (unpaired) electrons. The molecule has 0 saturated heterocycles. The molecule has 0 atom stereocenters. The van der Waals surface area contributed by atoms with Gasteiger partial charge in [-0.2, -0.15) is 0 Å². The van der Waals surface area contributed by atoms with Gasteiger partial charge in [0, 0.05) is 24.2 Å². The van der Waals surface area contributed by atoms with E-state index in [0.717, 1.165) is 11.3 Å². The highest BCUT2D eigenvalue weighted by Crippen LogP contribution is 2.21. The molecule has 9 heteroatoms. The predicted molar refractivity (Wildman–Crippen MR) is 89.6 cm³/mol. The summed E-state index contributed by atoms with van der Waals surface area (Å²) >= 11 is 0. The summed E-state index contributed by atoms with van der Waals surface area (Å²) in [4.78, 5) is 12.8. The molecule has 0 saturated carbocycles. The molecule has 26 heavy (non-hydrogen) atoms. The van der Waals surface area contributed by atoms with Gasteiger partial charge in [0.05, 0.1) is 18.9 Å². The Hall–Kier alpha value is -3.23. The molecule has 0 aromatic carbocycles. The van der Waals surface area contributed by atoms with E-state index in [-0.39, 0.29) is 5.69 Å². The third-order valence-electron chi connectivity index (χ3n) is 4.10. The summed E-state index contributed by atoms with van der Waals surface area (Å²) in [5.41, 5.74) is 2.36. The van der Waals surface area contributed by atoms with Gasteiger partial charge in [-0.25, -0.2) is 19.3 Å². The zero-order valence-electron chi connectivity index (χ0n) is 13.8. The Morgan fingerprint density at radius 1 is 1.08 bits per heavy atom. The zero-order chi connectivity index (χ0) is 17.9. The third-order valence-corrected chi connectivity index (χ3v) is 4.10. The van der Waals surface area contributed by atoms with Gasteiger partial charge in [-0.3, -0.25) is 8.79 Å². The van der Waals surface area contributed by atoms with E-state index in [2.05, 4.69) is 25.1 Å². The molecule has 0 bridgehead atoms. The number of nitrogens with zero attached hydrogens (tertiary/aromatic N) is 7. The van der Waals surface area contributed by atoms with E-state index in [0.29, 0.717) is 30.9 Å². The van der Waals surface area contributed by atoms with Crippen molar-refractivity contribution in [1.82, 2.24) is 34.1 Å². The van der Waals surface area contributed by atoms with Crippen molar-refractivity contribution >= 4 is 5.65 Å².